The van der Waals surface area contributed by atoms with Gasteiger partial charge < -0.3 is 0 Å². The van der Waals surface area contributed by atoms with Crippen molar-refractivity contribution in [1.29, 1.82) is 5.26 Å². The molecule has 22 heavy (non-hydrogen) atoms. The van der Waals surface area contributed by atoms with E-state index in [4.69, 9.17) is 0 Å². The quantitative estimate of drug-likeness (QED) is 0.902. The van der Waals surface area contributed by atoms with Crippen LogP contribution in [0.25, 0.3) is 0 Å². The van der Waals surface area contributed by atoms with Crippen LogP contribution in [0.2, 0.25) is 0 Å². The Labute approximate surface area is 130 Å². The predicted molar refractivity (Wildman–Crippen MR) is 80.2 cm³/mol. The molecule has 2 aliphatic rings. The van der Waals surface area contributed by atoms with Crippen LogP contribution in [0, 0.1) is 16.7 Å². The van der Waals surface area contributed by atoms with Crippen molar-refractivity contribution < 1.29 is 8.42 Å². The van der Waals surface area contributed by atoms with E-state index in [-0.39, 0.29) is 11.7 Å². The van der Waals surface area contributed by atoms with E-state index in [9.17, 15) is 13.7 Å². The third-order valence-electron chi connectivity index (χ3n) is 4.85. The second-order valence-electron chi connectivity index (χ2n) is 6.42. The number of aromatic nitrogens is 3. The molecule has 2 heterocycles. The van der Waals surface area contributed by atoms with Crippen molar-refractivity contribution in [1.82, 2.24) is 19.5 Å². The average molecular weight is 323 g/mol. The highest BCUT2D eigenvalue weighted by atomic mass is 32.2. The number of H-pyrrole nitrogens is 1. The maximum absolute atomic E-state index is 12.7. The lowest BCUT2D eigenvalue weighted by Crippen LogP contribution is -2.43. The van der Waals surface area contributed by atoms with E-state index in [0.29, 0.717) is 25.9 Å². The van der Waals surface area contributed by atoms with Crippen molar-refractivity contribution in [3.63, 3.8) is 0 Å². The van der Waals surface area contributed by atoms with E-state index >= 15 is 0 Å². The number of nitriles is 1. The van der Waals surface area contributed by atoms with Crippen LogP contribution in [0.4, 0.5) is 0 Å². The fraction of sp³-hybridized carbons (Fsp3) is 0.786. The number of nitrogens with zero attached hydrogens (tertiary/aromatic N) is 4. The highest BCUT2D eigenvalue weighted by molar-refractivity contribution is 7.89. The van der Waals surface area contributed by atoms with Gasteiger partial charge in [-0.25, -0.2) is 17.7 Å². The first-order chi connectivity index (χ1) is 10.5. The summed E-state index contributed by atoms with van der Waals surface area (Å²) in [6, 6.07) is 2.28. The lowest BCUT2D eigenvalue weighted by molar-refractivity contribution is 0.304. The molecule has 1 aromatic rings. The molecule has 3 rings (SSSR count). The van der Waals surface area contributed by atoms with Gasteiger partial charge in [0.05, 0.1) is 17.2 Å². The van der Waals surface area contributed by atoms with Gasteiger partial charge in [-0.05, 0) is 25.7 Å². The molecule has 1 atom stereocenters. The van der Waals surface area contributed by atoms with Crippen LogP contribution < -0.4 is 0 Å². The Morgan fingerprint density at radius 3 is 2.82 bits per heavy atom. The summed E-state index contributed by atoms with van der Waals surface area (Å²) < 4.78 is 27.0. The molecular weight excluding hydrogens is 302 g/mol. The fourth-order valence-electron chi connectivity index (χ4n) is 3.61. The van der Waals surface area contributed by atoms with Crippen LogP contribution in [-0.2, 0) is 10.0 Å². The van der Waals surface area contributed by atoms with E-state index < -0.39 is 15.4 Å². The van der Waals surface area contributed by atoms with E-state index in [1.807, 2.05) is 0 Å². The summed E-state index contributed by atoms with van der Waals surface area (Å²) >= 11 is 0. The molecule has 1 N–H and O–H groups in total. The Morgan fingerprint density at radius 2 is 2.18 bits per heavy atom. The summed E-state index contributed by atoms with van der Waals surface area (Å²) in [6.45, 7) is 0.966. The highest BCUT2D eigenvalue weighted by Crippen LogP contribution is 2.39. The van der Waals surface area contributed by atoms with Gasteiger partial charge in [-0.2, -0.15) is 10.4 Å². The zero-order chi connectivity index (χ0) is 15.6. The molecule has 0 bridgehead atoms. The molecule has 0 unspecified atom stereocenters. The van der Waals surface area contributed by atoms with Crippen molar-refractivity contribution in [2.24, 2.45) is 5.41 Å². The molecule has 1 saturated heterocycles. The van der Waals surface area contributed by atoms with Gasteiger partial charge >= 0.3 is 0 Å². The summed E-state index contributed by atoms with van der Waals surface area (Å²) in [4.78, 5) is 4.15. The van der Waals surface area contributed by atoms with Crippen molar-refractivity contribution >= 4 is 10.0 Å². The van der Waals surface area contributed by atoms with Crippen LogP contribution >= 0.6 is 0 Å². The van der Waals surface area contributed by atoms with Gasteiger partial charge in [0, 0.05) is 19.0 Å². The van der Waals surface area contributed by atoms with Gasteiger partial charge in [0.2, 0.25) is 10.0 Å². The minimum atomic E-state index is -3.41. The third kappa shape index (κ3) is 3.01. The van der Waals surface area contributed by atoms with E-state index in [2.05, 4.69) is 21.3 Å². The Kier molecular flexibility index (Phi) is 4.19. The zero-order valence-electron chi connectivity index (χ0n) is 12.5. The largest absolute Gasteiger partial charge is 0.263 e. The normalized spacial score (nSPS) is 25.9. The molecule has 1 aliphatic carbocycles. The van der Waals surface area contributed by atoms with Gasteiger partial charge in [-0.1, -0.05) is 12.8 Å². The van der Waals surface area contributed by atoms with Crippen molar-refractivity contribution in [2.45, 2.75) is 44.4 Å². The SMILES string of the molecule is N#CC1(CS(=O)(=O)N2CCC[C@H](c3ncn[nH]3)C2)CCCC1. The van der Waals surface area contributed by atoms with Gasteiger partial charge in [0.15, 0.2) is 0 Å². The molecule has 0 amide bonds. The molecule has 0 radical (unpaired) electrons. The van der Waals surface area contributed by atoms with Gasteiger partial charge in [0.25, 0.3) is 0 Å². The van der Waals surface area contributed by atoms with Gasteiger partial charge in [0.1, 0.15) is 12.2 Å². The Balaban J connectivity index is 1.73. The second-order valence-corrected chi connectivity index (χ2v) is 8.39. The number of aromatic amines is 1. The molecule has 0 aromatic carbocycles. The smallest absolute Gasteiger partial charge is 0.215 e. The van der Waals surface area contributed by atoms with Crippen molar-refractivity contribution in [3.05, 3.63) is 12.2 Å². The third-order valence-corrected chi connectivity index (χ3v) is 6.89. The Bertz CT molecular complexity index is 643. The number of hydrogen-bond acceptors (Lipinski definition) is 5. The summed E-state index contributed by atoms with van der Waals surface area (Å²) in [6.07, 6.45) is 6.46. The van der Waals surface area contributed by atoms with Crippen LogP contribution in [-0.4, -0.2) is 46.7 Å². The first-order valence-corrected chi connectivity index (χ1v) is 9.40. The van der Waals surface area contributed by atoms with Crippen LogP contribution in [0.5, 0.6) is 0 Å². The number of sulfonamides is 1. The molecular formula is C14H21N5O2S. The van der Waals surface area contributed by atoms with E-state index in [1.54, 1.807) is 4.31 Å². The molecule has 8 heteroatoms. The Hall–Kier alpha value is -1.46. The summed E-state index contributed by atoms with van der Waals surface area (Å²) in [5.41, 5.74) is -0.683. The fourth-order valence-corrected chi connectivity index (χ4v) is 5.66. The molecule has 1 aromatic heterocycles. The first kappa shape index (κ1) is 15.4. The molecule has 120 valence electrons. The standard InChI is InChI=1S/C14H21N5O2S/c15-9-14(5-1-2-6-14)10-22(20,21)19-7-3-4-12(8-19)13-16-11-17-18-13/h11-12H,1-8,10H2,(H,16,17,18)/t12-/m0/s1. The van der Waals surface area contributed by atoms with Crippen LogP contribution in [0.1, 0.15) is 50.3 Å². The number of nitrogens with one attached hydrogen (secondary N) is 1. The lowest BCUT2D eigenvalue weighted by Gasteiger charge is -2.33. The Morgan fingerprint density at radius 1 is 1.41 bits per heavy atom. The summed E-state index contributed by atoms with van der Waals surface area (Å²) in [5, 5.41) is 16.1. The molecule has 2 fully saturated rings. The summed E-state index contributed by atoms with van der Waals surface area (Å²) in [5.74, 6) is 0.767. The highest BCUT2D eigenvalue weighted by Gasteiger charge is 2.41. The number of hydrogen-bond donors (Lipinski definition) is 1. The lowest BCUT2D eigenvalue weighted by atomic mass is 9.91. The van der Waals surface area contributed by atoms with E-state index in [1.165, 1.54) is 6.33 Å². The van der Waals surface area contributed by atoms with Crippen molar-refractivity contribution in [3.8, 4) is 6.07 Å². The maximum Gasteiger partial charge on any atom is 0.215 e. The van der Waals surface area contributed by atoms with Crippen LogP contribution in [0.3, 0.4) is 0 Å². The maximum atomic E-state index is 12.7. The van der Waals surface area contributed by atoms with Crippen molar-refractivity contribution in [2.75, 3.05) is 18.8 Å². The minimum Gasteiger partial charge on any atom is -0.263 e. The van der Waals surface area contributed by atoms with Crippen LogP contribution in [0.15, 0.2) is 6.33 Å². The van der Waals surface area contributed by atoms with E-state index in [0.717, 1.165) is 31.5 Å². The molecule has 1 aliphatic heterocycles. The molecule has 0 spiro atoms. The number of piperidine rings is 1. The zero-order valence-corrected chi connectivity index (χ0v) is 13.3. The molecule has 1 saturated carbocycles. The topological polar surface area (TPSA) is 103 Å². The second kappa shape index (κ2) is 5.97. The van der Waals surface area contributed by atoms with Gasteiger partial charge in [-0.15, -0.1) is 0 Å². The average Bonchev–Trinajstić information content (AvgIpc) is 3.19. The predicted octanol–water partition coefficient (Wildman–Crippen LogP) is 1.40. The first-order valence-electron chi connectivity index (χ1n) is 7.79. The minimum absolute atomic E-state index is 0.0420. The molecule has 7 nitrogen and oxygen atoms in total. The number of rotatable bonds is 4. The summed E-state index contributed by atoms with van der Waals surface area (Å²) in [7, 11) is -3.41. The van der Waals surface area contributed by atoms with Gasteiger partial charge in [-0.3, -0.25) is 5.10 Å². The monoisotopic (exact) mass is 323 g/mol.